The van der Waals surface area contributed by atoms with E-state index in [9.17, 15) is 31.1 Å². The lowest BCUT2D eigenvalue weighted by molar-refractivity contribution is -0.138. The Morgan fingerprint density at radius 3 is 1.94 bits per heavy atom. The maximum Gasteiger partial charge on any atom is 0.417 e. The second-order valence-electron chi connectivity index (χ2n) is 6.87. The third-order valence-corrected chi connectivity index (χ3v) is 4.88. The molecule has 0 atom stereocenters. The normalized spacial score (nSPS) is 11.8. The van der Waals surface area contributed by atoms with E-state index < -0.39 is 28.5 Å². The number of aldehydes is 1. The Balaban J connectivity index is 0.000000361. The van der Waals surface area contributed by atoms with E-state index in [-0.39, 0.29) is 17.2 Å². The van der Waals surface area contributed by atoms with Crippen LogP contribution >= 0.6 is 23.2 Å². The molecule has 184 valence electrons. The van der Waals surface area contributed by atoms with Crippen LogP contribution in [0.2, 0.25) is 10.0 Å². The summed E-state index contributed by atoms with van der Waals surface area (Å²) in [5, 5.41) is 11.1. The third kappa shape index (κ3) is 10.3. The van der Waals surface area contributed by atoms with Crippen LogP contribution in [0.1, 0.15) is 27.0 Å². The molecule has 0 aliphatic heterocycles. The summed E-state index contributed by atoms with van der Waals surface area (Å²) in [7, 11) is 1.88. The maximum atomic E-state index is 12.5. The van der Waals surface area contributed by atoms with Crippen LogP contribution in [-0.4, -0.2) is 49.6 Å². The second kappa shape index (κ2) is 13.1. The van der Waals surface area contributed by atoms with Crippen molar-refractivity contribution in [1.29, 1.82) is 0 Å². The highest BCUT2D eigenvalue weighted by molar-refractivity contribution is 6.32. The molecule has 0 saturated carbocycles. The zero-order valence-corrected chi connectivity index (χ0v) is 18.9. The molecule has 12 heteroatoms. The lowest BCUT2D eigenvalue weighted by Gasteiger charge is -2.15. The maximum absolute atomic E-state index is 12.5. The largest absolute Gasteiger partial charge is 0.417 e. The van der Waals surface area contributed by atoms with Crippen molar-refractivity contribution in [1.82, 2.24) is 10.2 Å². The van der Waals surface area contributed by atoms with Gasteiger partial charge in [0.2, 0.25) is 0 Å². The van der Waals surface area contributed by atoms with Crippen LogP contribution in [0.15, 0.2) is 36.4 Å². The van der Waals surface area contributed by atoms with Crippen LogP contribution in [0.3, 0.4) is 0 Å². The summed E-state index contributed by atoms with van der Waals surface area (Å²) in [6.45, 7) is 2.56. The Morgan fingerprint density at radius 2 is 1.48 bits per heavy atom. The lowest BCUT2D eigenvalue weighted by Crippen LogP contribution is -2.30. The number of benzene rings is 2. The highest BCUT2D eigenvalue weighted by atomic mass is 35.5. The number of likely N-dealkylation sites (N-methyl/N-ethyl adjacent to an activating group) is 1. The van der Waals surface area contributed by atoms with Crippen molar-refractivity contribution in [2.45, 2.75) is 18.9 Å². The molecule has 0 heterocycles. The molecule has 2 rings (SSSR count). The van der Waals surface area contributed by atoms with E-state index in [0.29, 0.717) is 31.5 Å². The zero-order chi connectivity index (χ0) is 25.2. The van der Waals surface area contributed by atoms with Gasteiger partial charge in [0, 0.05) is 31.7 Å². The Morgan fingerprint density at radius 1 is 0.939 bits per heavy atom. The van der Waals surface area contributed by atoms with E-state index in [1.54, 1.807) is 0 Å². The van der Waals surface area contributed by atoms with Gasteiger partial charge in [-0.2, -0.15) is 26.3 Å². The van der Waals surface area contributed by atoms with Gasteiger partial charge in [-0.1, -0.05) is 35.3 Å². The van der Waals surface area contributed by atoms with Crippen LogP contribution in [0.4, 0.5) is 26.3 Å². The highest BCUT2D eigenvalue weighted by Gasteiger charge is 2.33. The van der Waals surface area contributed by atoms with Gasteiger partial charge in [0.25, 0.3) is 0 Å². The quantitative estimate of drug-likeness (QED) is 0.273. The van der Waals surface area contributed by atoms with Crippen LogP contribution in [-0.2, 0) is 18.9 Å². The van der Waals surface area contributed by atoms with Crippen LogP contribution < -0.4 is 5.32 Å². The van der Waals surface area contributed by atoms with Gasteiger partial charge in [-0.05, 0) is 36.9 Å². The van der Waals surface area contributed by atoms with Gasteiger partial charge in [0.1, 0.15) is 6.29 Å². The van der Waals surface area contributed by atoms with Crippen LogP contribution in [0.5, 0.6) is 0 Å². The number of hydrogen-bond acceptors (Lipinski definition) is 4. The first kappa shape index (κ1) is 29.2. The average molecular weight is 519 g/mol. The van der Waals surface area contributed by atoms with Crippen molar-refractivity contribution in [3.63, 3.8) is 0 Å². The first-order valence-corrected chi connectivity index (χ1v) is 10.2. The number of aliphatic hydroxyl groups excluding tert-OH is 1. The topological polar surface area (TPSA) is 52.6 Å². The molecule has 0 aliphatic carbocycles. The Kier molecular flexibility index (Phi) is 11.6. The molecule has 4 nitrogen and oxygen atoms in total. The second-order valence-corrected chi connectivity index (χ2v) is 7.68. The molecule has 0 unspecified atom stereocenters. The molecule has 0 aromatic heterocycles. The lowest BCUT2D eigenvalue weighted by atomic mass is 10.1. The Bertz CT molecular complexity index is 907. The van der Waals surface area contributed by atoms with Crippen molar-refractivity contribution >= 4 is 29.5 Å². The van der Waals surface area contributed by atoms with E-state index in [2.05, 4.69) is 5.32 Å². The summed E-state index contributed by atoms with van der Waals surface area (Å²) in [6.07, 6.45) is -8.46. The Hall–Kier alpha value is -1.85. The van der Waals surface area contributed by atoms with Crippen molar-refractivity contribution in [3.05, 3.63) is 68.7 Å². The molecule has 0 fully saturated rings. The SMILES string of the molecule is CN(CCO)CCNCc1ccc(C(F)(F)F)c(Cl)c1.O=Cc1ccc(C(F)(F)F)c(Cl)c1. The van der Waals surface area contributed by atoms with Gasteiger partial charge in [0.05, 0.1) is 27.8 Å². The molecule has 0 bridgehead atoms. The molecular formula is C21H22Cl2F6N2O2. The molecule has 2 aromatic carbocycles. The molecule has 0 spiro atoms. The van der Waals surface area contributed by atoms with Gasteiger partial charge in [-0.3, -0.25) is 4.79 Å². The Labute approximate surface area is 197 Å². The minimum atomic E-state index is -4.47. The summed E-state index contributed by atoms with van der Waals surface area (Å²) >= 11 is 10.9. The number of nitrogens with zero attached hydrogens (tertiary/aromatic N) is 1. The predicted molar refractivity (Wildman–Crippen MR) is 115 cm³/mol. The summed E-state index contributed by atoms with van der Waals surface area (Å²) < 4.78 is 73.9. The fourth-order valence-corrected chi connectivity index (χ4v) is 3.12. The summed E-state index contributed by atoms with van der Waals surface area (Å²) in [5.41, 5.74) is -0.920. The average Bonchev–Trinajstić information content (AvgIpc) is 2.70. The van der Waals surface area contributed by atoms with E-state index in [1.807, 2.05) is 11.9 Å². The number of halogens is 8. The fraction of sp³-hybridized carbons (Fsp3) is 0.381. The minimum absolute atomic E-state index is 0.102. The molecule has 0 amide bonds. The smallest absolute Gasteiger partial charge is 0.395 e. The monoisotopic (exact) mass is 518 g/mol. The fourth-order valence-electron chi connectivity index (χ4n) is 2.52. The molecule has 0 saturated heterocycles. The summed E-state index contributed by atoms with van der Waals surface area (Å²) in [6, 6.07) is 6.58. The number of aliphatic hydroxyl groups is 1. The van der Waals surface area contributed by atoms with Gasteiger partial charge >= 0.3 is 12.4 Å². The van der Waals surface area contributed by atoms with Crippen molar-refractivity contribution in [2.75, 3.05) is 33.3 Å². The van der Waals surface area contributed by atoms with Gasteiger partial charge < -0.3 is 15.3 Å². The highest BCUT2D eigenvalue weighted by Crippen LogP contribution is 2.35. The number of rotatable bonds is 8. The van der Waals surface area contributed by atoms with E-state index >= 15 is 0 Å². The number of carbonyl (C=O) groups excluding carboxylic acids is 1. The summed E-state index contributed by atoms with van der Waals surface area (Å²) in [4.78, 5) is 12.1. The van der Waals surface area contributed by atoms with E-state index in [1.165, 1.54) is 12.1 Å². The zero-order valence-electron chi connectivity index (χ0n) is 17.4. The van der Waals surface area contributed by atoms with Gasteiger partial charge in [0.15, 0.2) is 0 Å². The number of carbonyl (C=O) groups is 1. The third-order valence-electron chi connectivity index (χ3n) is 4.25. The van der Waals surface area contributed by atoms with Gasteiger partial charge in [-0.15, -0.1) is 0 Å². The van der Waals surface area contributed by atoms with E-state index in [0.717, 1.165) is 30.8 Å². The van der Waals surface area contributed by atoms with Crippen molar-refractivity contribution < 1.29 is 36.2 Å². The van der Waals surface area contributed by atoms with Crippen LogP contribution in [0, 0.1) is 0 Å². The summed E-state index contributed by atoms with van der Waals surface area (Å²) in [5.74, 6) is 0. The standard InChI is InChI=1S/C13H18ClF3N2O.C8H4ClF3O/c1-19(6-7-20)5-4-18-9-10-2-3-11(12(14)8-10)13(15,16)17;9-7-3-5(4-13)1-2-6(7)8(10,11)12/h2-3,8,18,20H,4-7,9H2,1H3;1-4H. The van der Waals surface area contributed by atoms with Crippen LogP contribution in [0.25, 0.3) is 0 Å². The molecule has 0 radical (unpaired) electrons. The molecular weight excluding hydrogens is 497 g/mol. The predicted octanol–water partition coefficient (Wildman–Crippen LogP) is 5.54. The van der Waals surface area contributed by atoms with Gasteiger partial charge in [-0.25, -0.2) is 0 Å². The van der Waals surface area contributed by atoms with E-state index in [4.69, 9.17) is 28.3 Å². The molecule has 2 N–H and O–H groups in total. The molecule has 0 aliphatic rings. The first-order valence-electron chi connectivity index (χ1n) is 9.47. The number of nitrogens with one attached hydrogen (secondary N) is 1. The number of hydrogen-bond donors (Lipinski definition) is 2. The molecule has 33 heavy (non-hydrogen) atoms. The first-order chi connectivity index (χ1) is 15.3. The minimum Gasteiger partial charge on any atom is -0.395 e. The molecule has 2 aromatic rings. The number of alkyl halides is 6. The van der Waals surface area contributed by atoms with Crippen molar-refractivity contribution in [2.24, 2.45) is 0 Å². The van der Waals surface area contributed by atoms with Crippen molar-refractivity contribution in [3.8, 4) is 0 Å².